The molecule has 1 aliphatic heterocycles. The number of methoxy groups -OCH3 is 2. The minimum absolute atomic E-state index is 0.183. The second-order valence-corrected chi connectivity index (χ2v) is 7.95. The maximum atomic E-state index is 5.77. The fourth-order valence-corrected chi connectivity index (χ4v) is 5.06. The standard InChI is InChI=1S/C22H26N2O2S/c1-25-17-8-9-18(19(15-17)26-2)22(24-12-5-10-23-11-13-24)21-14-16-6-3-4-7-20(16)27-21/h3-4,6-9,14-15,22-23H,5,10-13H2,1-2H3. The number of nitrogens with zero attached hydrogens (tertiary/aromatic N) is 1. The second-order valence-electron chi connectivity index (χ2n) is 6.84. The predicted molar refractivity (Wildman–Crippen MR) is 112 cm³/mol. The van der Waals surface area contributed by atoms with Crippen molar-refractivity contribution in [3.05, 3.63) is 59.0 Å². The lowest BCUT2D eigenvalue weighted by molar-refractivity contribution is 0.239. The first-order valence-corrected chi connectivity index (χ1v) is 10.3. The molecule has 2 aromatic carbocycles. The minimum Gasteiger partial charge on any atom is -0.497 e. The Morgan fingerprint density at radius 3 is 2.70 bits per heavy atom. The Hall–Kier alpha value is -2.08. The molecule has 3 aromatic rings. The molecule has 0 aliphatic carbocycles. The van der Waals surface area contributed by atoms with Crippen molar-refractivity contribution in [1.29, 1.82) is 0 Å². The summed E-state index contributed by atoms with van der Waals surface area (Å²) in [6, 6.07) is 17.3. The third-order valence-corrected chi connectivity index (χ3v) is 6.36. The van der Waals surface area contributed by atoms with Crippen LogP contribution in [0.5, 0.6) is 11.5 Å². The fraction of sp³-hybridized carbons (Fsp3) is 0.364. The molecule has 4 rings (SSSR count). The molecule has 142 valence electrons. The Morgan fingerprint density at radius 2 is 1.89 bits per heavy atom. The summed E-state index contributed by atoms with van der Waals surface area (Å²) < 4.78 is 12.5. The SMILES string of the molecule is COc1ccc(C(c2cc3ccccc3s2)N2CCCNCC2)c(OC)c1. The topological polar surface area (TPSA) is 33.7 Å². The molecule has 0 amide bonds. The van der Waals surface area contributed by atoms with Crippen molar-refractivity contribution in [1.82, 2.24) is 10.2 Å². The summed E-state index contributed by atoms with van der Waals surface area (Å²) in [7, 11) is 3.43. The largest absolute Gasteiger partial charge is 0.497 e. The van der Waals surface area contributed by atoms with E-state index in [1.165, 1.54) is 20.5 Å². The Labute approximate surface area is 164 Å². The number of rotatable bonds is 5. The molecule has 27 heavy (non-hydrogen) atoms. The third-order valence-electron chi connectivity index (χ3n) is 5.19. The lowest BCUT2D eigenvalue weighted by Gasteiger charge is -2.31. The molecule has 0 radical (unpaired) electrons. The number of fused-ring (bicyclic) bond motifs is 1. The van der Waals surface area contributed by atoms with Gasteiger partial charge >= 0.3 is 0 Å². The van der Waals surface area contributed by atoms with Crippen LogP contribution in [0.3, 0.4) is 0 Å². The number of nitrogens with one attached hydrogen (secondary N) is 1. The van der Waals surface area contributed by atoms with Crippen molar-refractivity contribution in [2.45, 2.75) is 12.5 Å². The normalized spacial score (nSPS) is 16.8. The van der Waals surface area contributed by atoms with Crippen molar-refractivity contribution in [3.63, 3.8) is 0 Å². The molecule has 0 spiro atoms. The van der Waals surface area contributed by atoms with Gasteiger partial charge in [0.05, 0.1) is 20.3 Å². The van der Waals surface area contributed by atoms with E-state index in [1.54, 1.807) is 14.2 Å². The van der Waals surface area contributed by atoms with Crippen molar-refractivity contribution >= 4 is 21.4 Å². The van der Waals surface area contributed by atoms with Gasteiger partial charge in [0.2, 0.25) is 0 Å². The highest BCUT2D eigenvalue weighted by atomic mass is 32.1. The van der Waals surface area contributed by atoms with Gasteiger partial charge in [0.15, 0.2) is 0 Å². The van der Waals surface area contributed by atoms with Gasteiger partial charge in [-0.05, 0) is 42.6 Å². The van der Waals surface area contributed by atoms with Gasteiger partial charge in [0.1, 0.15) is 11.5 Å². The van der Waals surface area contributed by atoms with Gasteiger partial charge in [0.25, 0.3) is 0 Å². The number of hydrogen-bond donors (Lipinski definition) is 1. The van der Waals surface area contributed by atoms with E-state index in [0.29, 0.717) is 0 Å². The van der Waals surface area contributed by atoms with Gasteiger partial charge in [-0.25, -0.2) is 0 Å². The molecule has 4 nitrogen and oxygen atoms in total. The zero-order valence-electron chi connectivity index (χ0n) is 15.9. The maximum absolute atomic E-state index is 5.77. The lowest BCUT2D eigenvalue weighted by atomic mass is 10.0. The van der Waals surface area contributed by atoms with E-state index in [4.69, 9.17) is 9.47 Å². The number of hydrogen-bond acceptors (Lipinski definition) is 5. The van der Waals surface area contributed by atoms with E-state index in [1.807, 2.05) is 23.5 Å². The highest BCUT2D eigenvalue weighted by Crippen LogP contribution is 2.41. The van der Waals surface area contributed by atoms with Gasteiger partial charge in [-0.3, -0.25) is 4.90 Å². The summed E-state index contributed by atoms with van der Waals surface area (Å²) in [4.78, 5) is 3.94. The molecule has 0 bridgehead atoms. The Morgan fingerprint density at radius 1 is 1.00 bits per heavy atom. The average Bonchev–Trinajstić information content (AvgIpc) is 2.95. The summed E-state index contributed by atoms with van der Waals surface area (Å²) in [5.41, 5.74) is 1.20. The maximum Gasteiger partial charge on any atom is 0.127 e. The summed E-state index contributed by atoms with van der Waals surface area (Å²) in [6.07, 6.45) is 1.15. The van der Waals surface area contributed by atoms with Crippen molar-refractivity contribution < 1.29 is 9.47 Å². The molecule has 1 fully saturated rings. The van der Waals surface area contributed by atoms with Crippen molar-refractivity contribution in [3.8, 4) is 11.5 Å². The molecule has 1 unspecified atom stereocenters. The van der Waals surface area contributed by atoms with E-state index in [2.05, 4.69) is 46.6 Å². The Kier molecular flexibility index (Phi) is 5.62. The first kappa shape index (κ1) is 18.3. The first-order chi connectivity index (χ1) is 13.3. The quantitative estimate of drug-likeness (QED) is 0.713. The van der Waals surface area contributed by atoms with Gasteiger partial charge < -0.3 is 14.8 Å². The molecular weight excluding hydrogens is 356 g/mol. The van der Waals surface area contributed by atoms with E-state index in [0.717, 1.165) is 44.1 Å². The van der Waals surface area contributed by atoms with E-state index < -0.39 is 0 Å². The average molecular weight is 383 g/mol. The molecule has 1 atom stereocenters. The molecule has 2 heterocycles. The van der Waals surface area contributed by atoms with Crippen molar-refractivity contribution in [2.24, 2.45) is 0 Å². The summed E-state index contributed by atoms with van der Waals surface area (Å²) >= 11 is 1.88. The van der Waals surface area contributed by atoms with Gasteiger partial charge in [0, 0.05) is 40.8 Å². The molecule has 1 saturated heterocycles. The first-order valence-electron chi connectivity index (χ1n) is 9.45. The number of benzene rings is 2. The highest BCUT2D eigenvalue weighted by Gasteiger charge is 2.27. The lowest BCUT2D eigenvalue weighted by Crippen LogP contribution is -2.32. The van der Waals surface area contributed by atoms with Crippen LogP contribution in [-0.2, 0) is 0 Å². The predicted octanol–water partition coefficient (Wildman–Crippen LogP) is 4.30. The molecular formula is C22H26N2O2S. The van der Waals surface area contributed by atoms with Crippen LogP contribution in [0.15, 0.2) is 48.5 Å². The van der Waals surface area contributed by atoms with Crippen LogP contribution >= 0.6 is 11.3 Å². The molecule has 1 aliphatic rings. The third kappa shape index (κ3) is 3.81. The minimum atomic E-state index is 0.183. The van der Waals surface area contributed by atoms with Gasteiger partial charge in [-0.2, -0.15) is 0 Å². The van der Waals surface area contributed by atoms with Gasteiger partial charge in [-0.1, -0.05) is 18.2 Å². The zero-order valence-corrected chi connectivity index (χ0v) is 16.7. The molecule has 1 N–H and O–H groups in total. The van der Waals surface area contributed by atoms with Crippen LogP contribution in [0.1, 0.15) is 22.9 Å². The van der Waals surface area contributed by atoms with E-state index in [-0.39, 0.29) is 6.04 Å². The van der Waals surface area contributed by atoms with Crippen LogP contribution < -0.4 is 14.8 Å². The molecule has 1 aromatic heterocycles. The van der Waals surface area contributed by atoms with Crippen LogP contribution in [-0.4, -0.2) is 45.3 Å². The summed E-state index contributed by atoms with van der Waals surface area (Å²) in [5, 5.41) is 4.83. The Balaban J connectivity index is 1.82. The van der Waals surface area contributed by atoms with E-state index in [9.17, 15) is 0 Å². The molecule has 0 saturated carbocycles. The fourth-order valence-electron chi connectivity index (χ4n) is 3.84. The van der Waals surface area contributed by atoms with Crippen LogP contribution in [0.4, 0.5) is 0 Å². The number of ether oxygens (including phenoxy) is 2. The smallest absolute Gasteiger partial charge is 0.127 e. The van der Waals surface area contributed by atoms with E-state index >= 15 is 0 Å². The second kappa shape index (κ2) is 8.30. The van der Waals surface area contributed by atoms with Crippen LogP contribution in [0.25, 0.3) is 10.1 Å². The van der Waals surface area contributed by atoms with Crippen molar-refractivity contribution in [2.75, 3.05) is 40.4 Å². The zero-order chi connectivity index (χ0) is 18.6. The molecule has 5 heteroatoms. The van der Waals surface area contributed by atoms with Crippen LogP contribution in [0.2, 0.25) is 0 Å². The van der Waals surface area contributed by atoms with Crippen LogP contribution in [0, 0.1) is 0 Å². The monoisotopic (exact) mass is 382 g/mol. The number of thiophene rings is 1. The summed E-state index contributed by atoms with van der Waals surface area (Å²) in [6.45, 7) is 4.18. The van der Waals surface area contributed by atoms with Gasteiger partial charge in [-0.15, -0.1) is 11.3 Å². The highest BCUT2D eigenvalue weighted by molar-refractivity contribution is 7.19. The summed E-state index contributed by atoms with van der Waals surface area (Å²) in [5.74, 6) is 1.71. The Bertz CT molecular complexity index is 867.